The van der Waals surface area contributed by atoms with Gasteiger partial charge in [-0.25, -0.2) is 4.21 Å². The molecule has 3 heterocycles. The third-order valence-corrected chi connectivity index (χ3v) is 13.6. The van der Waals surface area contributed by atoms with Crippen LogP contribution in [-0.2, 0) is 45.9 Å². The summed E-state index contributed by atoms with van der Waals surface area (Å²) in [4.78, 5) is 29.7. The fourth-order valence-corrected chi connectivity index (χ4v) is 9.51. The number of allylic oxidation sites excluding steroid dienone is 1. The average molecular weight is 736 g/mol. The molecule has 2 aromatic carbocycles. The van der Waals surface area contributed by atoms with E-state index in [2.05, 4.69) is 43.4 Å². The van der Waals surface area contributed by atoms with Crippen LogP contribution in [-0.4, -0.2) is 57.4 Å². The van der Waals surface area contributed by atoms with Crippen molar-refractivity contribution in [3.63, 3.8) is 0 Å². The van der Waals surface area contributed by atoms with E-state index in [9.17, 15) is 13.8 Å². The molecule has 1 saturated carbocycles. The first-order valence-electron chi connectivity index (χ1n) is 18.1. The normalized spacial score (nSPS) is 27.7. The number of amides is 2. The minimum atomic E-state index is -3.55. The van der Waals surface area contributed by atoms with Gasteiger partial charge in [-0.15, -0.1) is 4.36 Å². The SMILES string of the molecule is CO[C@H]1/C=C/C[C@H](C)[C@@H](C)S(=O)(NC(=O)CCc2ccnn2C)=NC(=O)c2ccc3c(c2)N(Cc2ccc(Cl)cc2CCCCO3)C[C@@H]2CC[C@H]21. The number of rotatable bonds is 5. The summed E-state index contributed by atoms with van der Waals surface area (Å²) in [5, 5.41) is 4.26. The highest BCUT2D eigenvalue weighted by atomic mass is 35.5. The Bertz CT molecular complexity index is 1880. The van der Waals surface area contributed by atoms with Crippen molar-refractivity contribution in [1.82, 2.24) is 14.5 Å². The number of nitrogens with one attached hydrogen (secondary N) is 1. The smallest absolute Gasteiger partial charge is 0.286 e. The second-order valence-electron chi connectivity index (χ2n) is 14.3. The number of benzene rings is 2. The zero-order valence-corrected chi connectivity index (χ0v) is 31.6. The zero-order chi connectivity index (χ0) is 36.1. The Labute approximate surface area is 307 Å². The number of hydrogen-bond acceptors (Lipinski definition) is 7. The van der Waals surface area contributed by atoms with Crippen LogP contribution in [0.4, 0.5) is 5.69 Å². The van der Waals surface area contributed by atoms with Crippen molar-refractivity contribution in [1.29, 1.82) is 0 Å². The van der Waals surface area contributed by atoms with Crippen LogP contribution in [0.1, 0.15) is 79.6 Å². The lowest BCUT2D eigenvalue weighted by molar-refractivity contribution is -0.119. The minimum absolute atomic E-state index is 0.0708. The Balaban J connectivity index is 1.42. The van der Waals surface area contributed by atoms with Gasteiger partial charge < -0.3 is 14.4 Å². The molecule has 1 unspecified atom stereocenters. The number of aromatic nitrogens is 2. The van der Waals surface area contributed by atoms with Gasteiger partial charge in [-0.3, -0.25) is 19.0 Å². The Morgan fingerprint density at radius 1 is 1.12 bits per heavy atom. The van der Waals surface area contributed by atoms with E-state index in [-0.39, 0.29) is 24.0 Å². The molecule has 1 aliphatic carbocycles. The molecule has 2 bridgehead atoms. The van der Waals surface area contributed by atoms with Crippen LogP contribution in [0.3, 0.4) is 0 Å². The molecule has 1 N–H and O–H groups in total. The first kappa shape index (κ1) is 37.1. The summed E-state index contributed by atoms with van der Waals surface area (Å²) in [6, 6.07) is 13.3. The van der Waals surface area contributed by atoms with Crippen molar-refractivity contribution in [3.05, 3.63) is 88.2 Å². The summed E-state index contributed by atoms with van der Waals surface area (Å²) in [5.41, 5.74) is 4.35. The molecule has 12 heteroatoms. The van der Waals surface area contributed by atoms with Crippen molar-refractivity contribution >= 4 is 39.0 Å². The molecule has 3 aromatic rings. The van der Waals surface area contributed by atoms with Crippen LogP contribution in [0.15, 0.2) is 65.2 Å². The van der Waals surface area contributed by atoms with E-state index >= 15 is 0 Å². The Morgan fingerprint density at radius 3 is 2.71 bits per heavy atom. The van der Waals surface area contributed by atoms with Crippen molar-refractivity contribution in [3.8, 4) is 5.75 Å². The van der Waals surface area contributed by atoms with Crippen LogP contribution < -0.4 is 14.4 Å². The summed E-state index contributed by atoms with van der Waals surface area (Å²) in [6.45, 7) is 5.65. The van der Waals surface area contributed by atoms with Gasteiger partial charge in [0.15, 0.2) is 0 Å². The molecule has 2 aliphatic heterocycles. The van der Waals surface area contributed by atoms with E-state index < -0.39 is 27.0 Å². The van der Waals surface area contributed by atoms with Gasteiger partial charge in [0.2, 0.25) is 5.91 Å². The molecule has 274 valence electrons. The second-order valence-corrected chi connectivity index (χ2v) is 17.0. The van der Waals surface area contributed by atoms with Crippen LogP contribution in [0.5, 0.6) is 5.75 Å². The number of methoxy groups -OCH3 is 1. The van der Waals surface area contributed by atoms with Gasteiger partial charge in [0.1, 0.15) is 15.7 Å². The van der Waals surface area contributed by atoms with E-state index in [0.717, 1.165) is 50.0 Å². The van der Waals surface area contributed by atoms with Gasteiger partial charge in [-0.2, -0.15) is 5.10 Å². The van der Waals surface area contributed by atoms with Gasteiger partial charge >= 0.3 is 0 Å². The van der Waals surface area contributed by atoms with Crippen LogP contribution >= 0.6 is 11.6 Å². The molecule has 6 rings (SSSR count). The molecule has 0 saturated heterocycles. The first-order valence-corrected chi connectivity index (χ1v) is 20.1. The quantitative estimate of drug-likeness (QED) is 0.278. The number of aryl methyl sites for hydroxylation is 3. The molecule has 51 heavy (non-hydrogen) atoms. The maximum atomic E-state index is 14.8. The van der Waals surface area contributed by atoms with Crippen molar-refractivity contribution in [2.45, 2.75) is 83.1 Å². The van der Waals surface area contributed by atoms with E-state index in [1.807, 2.05) is 38.2 Å². The van der Waals surface area contributed by atoms with E-state index in [0.29, 0.717) is 48.6 Å². The Morgan fingerprint density at radius 2 is 1.96 bits per heavy atom. The Hall–Kier alpha value is -3.67. The molecule has 0 radical (unpaired) electrons. The maximum absolute atomic E-state index is 14.8. The third kappa shape index (κ3) is 8.69. The molecule has 10 nitrogen and oxygen atoms in total. The lowest BCUT2D eigenvalue weighted by Gasteiger charge is -2.43. The molecule has 3 aliphatic rings. The monoisotopic (exact) mass is 735 g/mol. The Kier molecular flexibility index (Phi) is 11.9. The number of halogens is 1. The average Bonchev–Trinajstić information content (AvgIpc) is 3.50. The van der Waals surface area contributed by atoms with E-state index in [1.165, 1.54) is 11.1 Å². The molecule has 1 aromatic heterocycles. The summed E-state index contributed by atoms with van der Waals surface area (Å²) in [7, 11) is 0.0256. The number of anilines is 1. The zero-order valence-electron chi connectivity index (χ0n) is 30.1. The lowest BCUT2D eigenvalue weighted by Crippen LogP contribution is -2.43. The molecular formula is C39H50ClN5O5S. The molecule has 1 fully saturated rings. The highest BCUT2D eigenvalue weighted by molar-refractivity contribution is 7.93. The predicted octanol–water partition coefficient (Wildman–Crippen LogP) is 7.09. The second kappa shape index (κ2) is 16.3. The van der Waals surface area contributed by atoms with E-state index in [4.69, 9.17) is 21.1 Å². The molecule has 6 atom stereocenters. The van der Waals surface area contributed by atoms with Gasteiger partial charge in [0.05, 0.1) is 23.6 Å². The van der Waals surface area contributed by atoms with Gasteiger partial charge in [0, 0.05) is 56.1 Å². The summed E-state index contributed by atoms with van der Waals surface area (Å²) in [5.74, 6) is 0.144. The summed E-state index contributed by atoms with van der Waals surface area (Å²) >= 11 is 6.47. The molecular weight excluding hydrogens is 686 g/mol. The fraction of sp³-hybridized carbons (Fsp3) is 0.513. The summed E-state index contributed by atoms with van der Waals surface area (Å²) < 4.78 is 36.0. The first-order chi connectivity index (χ1) is 24.5. The third-order valence-electron chi connectivity index (χ3n) is 10.9. The number of nitrogens with zero attached hydrogens (tertiary/aromatic N) is 4. The van der Waals surface area contributed by atoms with Gasteiger partial charge in [-0.05, 0) is 117 Å². The predicted molar refractivity (Wildman–Crippen MR) is 201 cm³/mol. The lowest BCUT2D eigenvalue weighted by atomic mass is 9.70. The van der Waals surface area contributed by atoms with Crippen molar-refractivity contribution in [2.75, 3.05) is 25.2 Å². The van der Waals surface area contributed by atoms with Crippen LogP contribution in [0.2, 0.25) is 5.02 Å². The highest BCUT2D eigenvalue weighted by Gasteiger charge is 2.38. The van der Waals surface area contributed by atoms with Crippen molar-refractivity contribution < 1.29 is 23.3 Å². The van der Waals surface area contributed by atoms with Crippen molar-refractivity contribution in [2.24, 2.45) is 29.2 Å². The largest absolute Gasteiger partial charge is 0.491 e. The standard InChI is InChI=1S/C39H50ClN5O5S/c1-26-8-7-10-36(49-4)34-16-12-31(34)25-45-24-30-11-14-32(40)22-28(30)9-5-6-21-50-37-17-13-29(23-35(37)45)39(47)43-51(48,27(26)2)42-38(46)18-15-33-19-20-41-44(33)3/h7,10-11,13-14,17,19-20,22-23,26-27,31,34,36H,5-6,8-9,12,15-16,18,21,24-25H2,1-4H3,(H,42,43,46,47,48)/b10-7+/t26-,27+,31-,34+,36-,51?/m0/s1. The molecule has 0 spiro atoms. The number of fused-ring (bicyclic) bond motifs is 3. The fourth-order valence-electron chi connectivity index (χ4n) is 7.40. The topological polar surface area (TPSA) is 115 Å². The van der Waals surface area contributed by atoms with Gasteiger partial charge in [0.25, 0.3) is 5.91 Å². The van der Waals surface area contributed by atoms with Crippen LogP contribution in [0.25, 0.3) is 0 Å². The van der Waals surface area contributed by atoms with Gasteiger partial charge in [-0.1, -0.05) is 36.7 Å². The minimum Gasteiger partial charge on any atom is -0.491 e. The highest BCUT2D eigenvalue weighted by Crippen LogP contribution is 2.42. The number of ether oxygens (including phenoxy) is 2. The number of carbonyl (C=O) groups is 2. The maximum Gasteiger partial charge on any atom is 0.286 e. The van der Waals surface area contributed by atoms with E-state index in [1.54, 1.807) is 31.0 Å². The van der Waals surface area contributed by atoms with Crippen LogP contribution in [0, 0.1) is 17.8 Å². The molecule has 2 amide bonds. The number of carbonyl (C=O) groups excluding carboxylic acids is 2. The summed E-state index contributed by atoms with van der Waals surface area (Å²) in [6.07, 6.45) is 11.8. The number of hydrogen-bond donors (Lipinski definition) is 1.